The highest BCUT2D eigenvalue weighted by Gasteiger charge is 2.43. The zero-order valence-electron chi connectivity index (χ0n) is 15.8. The van der Waals surface area contributed by atoms with Gasteiger partial charge in [0.2, 0.25) is 0 Å². The minimum atomic E-state index is -0.398. The molecule has 0 atom stereocenters. The molecule has 0 aromatic rings. The zero-order valence-corrected chi connectivity index (χ0v) is 15.8. The molecule has 0 bridgehead atoms. The summed E-state index contributed by atoms with van der Waals surface area (Å²) in [6, 6.07) is 0. The Morgan fingerprint density at radius 3 is 2.38 bits per heavy atom. The van der Waals surface area contributed by atoms with Gasteiger partial charge in [-0.15, -0.1) is 0 Å². The van der Waals surface area contributed by atoms with E-state index in [2.05, 4.69) is 10.2 Å². The fourth-order valence-electron chi connectivity index (χ4n) is 4.46. The maximum atomic E-state index is 12.3. The second-order valence-corrected chi connectivity index (χ2v) is 9.15. The highest BCUT2D eigenvalue weighted by molar-refractivity contribution is 5.68. The van der Waals surface area contributed by atoms with Gasteiger partial charge in [0.1, 0.15) is 5.60 Å². The number of carbonyl (C=O) groups excluding carboxylic acids is 1. The Labute approximate surface area is 147 Å². The van der Waals surface area contributed by atoms with Crippen LogP contribution in [-0.4, -0.2) is 67.3 Å². The average Bonchev–Trinajstić information content (AvgIpc) is 2.94. The molecule has 0 aliphatic carbocycles. The van der Waals surface area contributed by atoms with Gasteiger partial charge in [-0.25, -0.2) is 4.79 Å². The van der Waals surface area contributed by atoms with Crippen LogP contribution in [0.5, 0.6) is 0 Å². The summed E-state index contributed by atoms with van der Waals surface area (Å²) >= 11 is 0. The molecule has 3 aliphatic rings. The SMILES string of the molecule is CC(C)(C)OC(=O)N1CCC2(CCN(CC3CCNCC3)CC2)C1. The van der Waals surface area contributed by atoms with Gasteiger partial charge in [0.15, 0.2) is 0 Å². The molecule has 3 aliphatic heterocycles. The number of carbonyl (C=O) groups is 1. The Kier molecular flexibility index (Phi) is 5.40. The molecule has 138 valence electrons. The number of rotatable bonds is 2. The van der Waals surface area contributed by atoms with E-state index in [1.165, 1.54) is 58.4 Å². The number of ether oxygens (including phenoxy) is 1. The first kappa shape index (κ1) is 18.0. The third kappa shape index (κ3) is 4.63. The van der Waals surface area contributed by atoms with Crippen molar-refractivity contribution in [2.75, 3.05) is 45.8 Å². The van der Waals surface area contributed by atoms with Crippen LogP contribution < -0.4 is 5.32 Å². The van der Waals surface area contributed by atoms with Crippen molar-refractivity contribution in [3.05, 3.63) is 0 Å². The van der Waals surface area contributed by atoms with Crippen LogP contribution in [-0.2, 0) is 4.74 Å². The van der Waals surface area contributed by atoms with Crippen LogP contribution in [0.3, 0.4) is 0 Å². The van der Waals surface area contributed by atoms with Crippen molar-refractivity contribution in [1.29, 1.82) is 0 Å². The quantitative estimate of drug-likeness (QED) is 0.841. The molecule has 1 amide bonds. The van der Waals surface area contributed by atoms with Crippen molar-refractivity contribution in [3.63, 3.8) is 0 Å². The maximum Gasteiger partial charge on any atom is 0.410 e. The standard InChI is InChI=1S/C19H35N3O2/c1-18(2,3)24-17(23)22-13-8-19(15-22)6-11-21(12-7-19)14-16-4-9-20-10-5-16/h16,20H,4-15H2,1-3H3. The molecule has 3 saturated heterocycles. The molecule has 1 N–H and O–H groups in total. The molecule has 3 fully saturated rings. The van der Waals surface area contributed by atoms with Gasteiger partial charge in [-0.05, 0) is 90.4 Å². The lowest BCUT2D eigenvalue weighted by Crippen LogP contribution is -2.45. The molecule has 1 spiro atoms. The average molecular weight is 338 g/mol. The minimum Gasteiger partial charge on any atom is -0.444 e. The van der Waals surface area contributed by atoms with E-state index in [0.29, 0.717) is 5.41 Å². The van der Waals surface area contributed by atoms with E-state index < -0.39 is 5.60 Å². The third-order valence-corrected chi connectivity index (χ3v) is 5.98. The van der Waals surface area contributed by atoms with Crippen LogP contribution in [0.4, 0.5) is 4.79 Å². The Bertz CT molecular complexity index is 432. The van der Waals surface area contributed by atoms with E-state index in [1.807, 2.05) is 25.7 Å². The van der Waals surface area contributed by atoms with E-state index in [9.17, 15) is 4.79 Å². The van der Waals surface area contributed by atoms with Crippen LogP contribution in [0, 0.1) is 11.3 Å². The predicted molar refractivity (Wildman–Crippen MR) is 96.1 cm³/mol. The Morgan fingerprint density at radius 1 is 1.12 bits per heavy atom. The summed E-state index contributed by atoms with van der Waals surface area (Å²) in [5.74, 6) is 0.877. The van der Waals surface area contributed by atoms with Crippen LogP contribution in [0.1, 0.15) is 52.9 Å². The lowest BCUT2D eigenvalue weighted by Gasteiger charge is -2.41. The monoisotopic (exact) mass is 337 g/mol. The van der Waals surface area contributed by atoms with E-state index >= 15 is 0 Å². The lowest BCUT2D eigenvalue weighted by molar-refractivity contribution is 0.0242. The topological polar surface area (TPSA) is 44.8 Å². The van der Waals surface area contributed by atoms with Crippen molar-refractivity contribution < 1.29 is 9.53 Å². The summed E-state index contributed by atoms with van der Waals surface area (Å²) in [6.07, 6.45) is 6.14. The van der Waals surface area contributed by atoms with Crippen LogP contribution >= 0.6 is 0 Å². The first-order valence-electron chi connectivity index (χ1n) is 9.76. The summed E-state index contributed by atoms with van der Waals surface area (Å²) in [7, 11) is 0. The Morgan fingerprint density at radius 2 is 1.75 bits per heavy atom. The van der Waals surface area contributed by atoms with E-state index in [-0.39, 0.29) is 6.09 Å². The predicted octanol–water partition coefficient (Wildman–Crippen LogP) is 2.71. The van der Waals surface area contributed by atoms with Crippen LogP contribution in [0.2, 0.25) is 0 Å². The van der Waals surface area contributed by atoms with Gasteiger partial charge in [0.25, 0.3) is 0 Å². The van der Waals surface area contributed by atoms with Crippen molar-refractivity contribution in [2.45, 2.75) is 58.5 Å². The number of hydrogen-bond donors (Lipinski definition) is 1. The second kappa shape index (κ2) is 7.20. The number of amides is 1. The summed E-state index contributed by atoms with van der Waals surface area (Å²) < 4.78 is 5.55. The molecule has 0 radical (unpaired) electrons. The van der Waals surface area contributed by atoms with Gasteiger partial charge in [-0.2, -0.15) is 0 Å². The van der Waals surface area contributed by atoms with Gasteiger partial charge >= 0.3 is 6.09 Å². The Hall–Kier alpha value is -0.810. The van der Waals surface area contributed by atoms with Gasteiger partial charge in [0.05, 0.1) is 0 Å². The van der Waals surface area contributed by atoms with Gasteiger partial charge in [-0.3, -0.25) is 0 Å². The fraction of sp³-hybridized carbons (Fsp3) is 0.947. The molecular weight excluding hydrogens is 302 g/mol. The first-order valence-corrected chi connectivity index (χ1v) is 9.76. The number of nitrogens with zero attached hydrogens (tertiary/aromatic N) is 2. The van der Waals surface area contributed by atoms with E-state index in [1.54, 1.807) is 0 Å². The van der Waals surface area contributed by atoms with Crippen molar-refractivity contribution in [2.24, 2.45) is 11.3 Å². The zero-order chi connectivity index (χ0) is 17.2. The molecule has 3 rings (SSSR count). The Balaban J connectivity index is 1.45. The number of piperidine rings is 2. The number of likely N-dealkylation sites (tertiary alicyclic amines) is 2. The maximum absolute atomic E-state index is 12.3. The summed E-state index contributed by atoms with van der Waals surface area (Å²) in [4.78, 5) is 16.9. The molecule has 3 heterocycles. The largest absolute Gasteiger partial charge is 0.444 e. The highest BCUT2D eigenvalue weighted by atomic mass is 16.6. The van der Waals surface area contributed by atoms with Gasteiger partial charge in [-0.1, -0.05) is 0 Å². The fourth-order valence-corrected chi connectivity index (χ4v) is 4.46. The van der Waals surface area contributed by atoms with Crippen molar-refractivity contribution >= 4 is 6.09 Å². The van der Waals surface area contributed by atoms with Gasteiger partial charge in [0, 0.05) is 19.6 Å². The number of nitrogens with one attached hydrogen (secondary N) is 1. The normalized spacial score (nSPS) is 26.0. The molecule has 0 aromatic heterocycles. The molecule has 0 unspecified atom stereocenters. The third-order valence-electron chi connectivity index (χ3n) is 5.98. The molecule has 5 heteroatoms. The molecule has 5 nitrogen and oxygen atoms in total. The minimum absolute atomic E-state index is 0.128. The van der Waals surface area contributed by atoms with Crippen molar-refractivity contribution in [3.8, 4) is 0 Å². The lowest BCUT2D eigenvalue weighted by atomic mass is 9.77. The highest BCUT2D eigenvalue weighted by Crippen LogP contribution is 2.41. The second-order valence-electron chi connectivity index (χ2n) is 9.15. The molecule has 0 saturated carbocycles. The summed E-state index contributed by atoms with van der Waals surface area (Å²) in [5, 5.41) is 3.46. The molecule has 0 aromatic carbocycles. The van der Waals surface area contributed by atoms with Gasteiger partial charge < -0.3 is 19.9 Å². The van der Waals surface area contributed by atoms with E-state index in [4.69, 9.17) is 4.74 Å². The van der Waals surface area contributed by atoms with Crippen LogP contribution in [0.25, 0.3) is 0 Å². The van der Waals surface area contributed by atoms with Crippen molar-refractivity contribution in [1.82, 2.24) is 15.1 Å². The molecule has 24 heavy (non-hydrogen) atoms. The molecular formula is C19H35N3O2. The van der Waals surface area contributed by atoms with Crippen LogP contribution in [0.15, 0.2) is 0 Å². The van der Waals surface area contributed by atoms with E-state index in [0.717, 1.165) is 25.4 Å². The summed E-state index contributed by atoms with van der Waals surface area (Å²) in [6.45, 7) is 13.6. The summed E-state index contributed by atoms with van der Waals surface area (Å²) in [5.41, 5.74) is -0.0490. The first-order chi connectivity index (χ1) is 11.4. The number of hydrogen-bond acceptors (Lipinski definition) is 4. The smallest absolute Gasteiger partial charge is 0.410 e.